The lowest BCUT2D eigenvalue weighted by Crippen LogP contribution is -2.36. The third-order valence-electron chi connectivity index (χ3n) is 2.00. The van der Waals surface area contributed by atoms with Gasteiger partial charge in [0.25, 0.3) is 0 Å². The molecule has 2 amide bonds. The molecule has 0 saturated carbocycles. The summed E-state index contributed by atoms with van der Waals surface area (Å²) in [5, 5.41) is 0. The average Bonchev–Trinajstić information content (AvgIpc) is 2.33. The Hall–Kier alpha value is -0.440. The van der Waals surface area contributed by atoms with E-state index in [4.69, 9.17) is 22.9 Å². The Morgan fingerprint density at radius 3 is 1.33 bits per heavy atom. The Kier molecular flexibility index (Phi) is 14.4. The third kappa shape index (κ3) is 13.6. The molecule has 0 unspecified atom stereocenters. The molecule has 0 fully saturated rings. The van der Waals surface area contributed by atoms with Crippen molar-refractivity contribution in [3.05, 3.63) is 0 Å². The normalized spacial score (nSPS) is 13.1. The van der Waals surface area contributed by atoms with Gasteiger partial charge in [-0.3, -0.25) is 9.59 Å². The lowest BCUT2D eigenvalue weighted by atomic mass is 10.2. The van der Waals surface area contributed by atoms with E-state index in [0.717, 1.165) is 11.5 Å². The van der Waals surface area contributed by atoms with E-state index in [9.17, 15) is 9.59 Å². The van der Waals surface area contributed by atoms with Gasteiger partial charge >= 0.3 is 0 Å². The van der Waals surface area contributed by atoms with Gasteiger partial charge in [0.1, 0.15) is 0 Å². The van der Waals surface area contributed by atoms with Crippen molar-refractivity contribution in [3.8, 4) is 0 Å². The summed E-state index contributed by atoms with van der Waals surface area (Å²) in [5.41, 5.74) is 20.4. The Morgan fingerprint density at radius 1 is 0.889 bits per heavy atom. The number of amides is 2. The number of thioether (sulfide) groups is 2. The molecule has 0 bridgehead atoms. The van der Waals surface area contributed by atoms with Gasteiger partial charge in [0.2, 0.25) is 11.8 Å². The molecule has 0 aromatic heterocycles. The van der Waals surface area contributed by atoms with E-state index in [1.807, 2.05) is 12.5 Å². The van der Waals surface area contributed by atoms with Gasteiger partial charge in [-0.2, -0.15) is 23.5 Å². The quantitative estimate of drug-likeness (QED) is 0.458. The minimum Gasteiger partial charge on any atom is -0.368 e. The lowest BCUT2D eigenvalue weighted by Gasteiger charge is -2.03. The molecular weight excluding hydrogens is 272 g/mol. The van der Waals surface area contributed by atoms with Gasteiger partial charge in [-0.1, -0.05) is 0 Å². The van der Waals surface area contributed by atoms with Crippen molar-refractivity contribution < 1.29 is 9.59 Å². The number of rotatable bonds is 8. The minimum absolute atomic E-state index is 0.413. The molecule has 0 rings (SSSR count). The van der Waals surface area contributed by atoms with Crippen LogP contribution in [0.25, 0.3) is 0 Å². The van der Waals surface area contributed by atoms with E-state index in [0.29, 0.717) is 12.8 Å². The van der Waals surface area contributed by atoms with Crippen LogP contribution in [0.3, 0.4) is 0 Å². The van der Waals surface area contributed by atoms with E-state index in [1.165, 1.54) is 0 Å². The van der Waals surface area contributed by atoms with Crippen molar-refractivity contribution in [2.75, 3.05) is 24.0 Å². The second kappa shape index (κ2) is 13.0. The van der Waals surface area contributed by atoms with Crippen molar-refractivity contribution in [1.29, 1.82) is 0 Å². The Balaban J connectivity index is 0. The van der Waals surface area contributed by atoms with E-state index in [1.54, 1.807) is 23.5 Å². The molecule has 0 aliphatic heterocycles. The second-order valence-electron chi connectivity index (χ2n) is 3.58. The highest BCUT2D eigenvalue weighted by Gasteiger charge is 2.07. The van der Waals surface area contributed by atoms with E-state index in [2.05, 4.69) is 0 Å². The largest absolute Gasteiger partial charge is 0.368 e. The molecule has 18 heavy (non-hydrogen) atoms. The van der Waals surface area contributed by atoms with Gasteiger partial charge in [-0.15, -0.1) is 0 Å². The third-order valence-corrected chi connectivity index (χ3v) is 3.28. The lowest BCUT2D eigenvalue weighted by molar-refractivity contribution is -0.120. The first-order valence-electron chi connectivity index (χ1n) is 5.44. The van der Waals surface area contributed by atoms with Crippen molar-refractivity contribution in [3.63, 3.8) is 0 Å². The fraction of sp³-hybridized carbons (Fsp3) is 0.800. The van der Waals surface area contributed by atoms with Crippen LogP contribution in [0, 0.1) is 0 Å². The highest BCUT2D eigenvalue weighted by molar-refractivity contribution is 7.98. The molecule has 0 saturated heterocycles. The summed E-state index contributed by atoms with van der Waals surface area (Å²) in [6.07, 6.45) is 5.29. The molecule has 108 valence electrons. The summed E-state index contributed by atoms with van der Waals surface area (Å²) in [6.45, 7) is 0. The number of carbonyl (C=O) groups is 2. The zero-order valence-corrected chi connectivity index (χ0v) is 12.6. The predicted octanol–water partition coefficient (Wildman–Crippen LogP) is -0.896. The number of nitrogens with two attached hydrogens (primary N) is 4. The van der Waals surface area contributed by atoms with Crippen LogP contribution >= 0.6 is 23.5 Å². The first kappa shape index (κ1) is 19.9. The Labute approximate surface area is 117 Å². The monoisotopic (exact) mass is 296 g/mol. The standard InChI is InChI=1S/2C5H12N2OS/c2*1-9-3-2-4(6)5(7)8/h2*4H,2-3,6H2,1H3,(H2,7,8)/t2*4-/m00/s1. The SMILES string of the molecule is CSCC[C@H](N)C(N)=O.CSCC[C@H](N)C(N)=O. The average molecular weight is 296 g/mol. The zero-order chi connectivity index (χ0) is 14.6. The summed E-state index contributed by atoms with van der Waals surface area (Å²) < 4.78 is 0. The zero-order valence-electron chi connectivity index (χ0n) is 10.9. The molecule has 0 aliphatic carbocycles. The summed E-state index contributed by atoms with van der Waals surface area (Å²) in [7, 11) is 0. The Morgan fingerprint density at radius 2 is 1.17 bits per heavy atom. The topological polar surface area (TPSA) is 138 Å². The van der Waals surface area contributed by atoms with Crippen molar-refractivity contribution >= 4 is 35.3 Å². The molecule has 2 atom stereocenters. The number of hydrogen-bond donors (Lipinski definition) is 4. The molecule has 0 aromatic carbocycles. The van der Waals surface area contributed by atoms with Gasteiger partial charge in [-0.05, 0) is 36.9 Å². The predicted molar refractivity (Wildman–Crippen MR) is 80.3 cm³/mol. The van der Waals surface area contributed by atoms with Crippen molar-refractivity contribution in [2.24, 2.45) is 22.9 Å². The maximum absolute atomic E-state index is 10.3. The van der Waals surface area contributed by atoms with Crippen molar-refractivity contribution in [1.82, 2.24) is 0 Å². The summed E-state index contributed by atoms with van der Waals surface area (Å²) in [4.78, 5) is 20.6. The van der Waals surface area contributed by atoms with Crippen LogP contribution in [-0.4, -0.2) is 47.9 Å². The molecule has 6 nitrogen and oxygen atoms in total. The van der Waals surface area contributed by atoms with Gasteiger partial charge in [0.15, 0.2) is 0 Å². The van der Waals surface area contributed by atoms with Crippen LogP contribution in [-0.2, 0) is 9.59 Å². The van der Waals surface area contributed by atoms with Crippen LogP contribution in [0.2, 0.25) is 0 Å². The van der Waals surface area contributed by atoms with Crippen LogP contribution in [0.15, 0.2) is 0 Å². The molecule has 8 N–H and O–H groups in total. The van der Waals surface area contributed by atoms with Crippen LogP contribution in [0.4, 0.5) is 0 Å². The molecule has 0 spiro atoms. The van der Waals surface area contributed by atoms with Crippen LogP contribution in [0.1, 0.15) is 12.8 Å². The number of carbonyl (C=O) groups excluding carboxylic acids is 2. The first-order chi connectivity index (χ1) is 8.36. The summed E-state index contributed by atoms with van der Waals surface area (Å²) in [5.74, 6) is 0.960. The fourth-order valence-corrected chi connectivity index (χ4v) is 1.75. The van der Waals surface area contributed by atoms with Gasteiger partial charge in [0, 0.05) is 0 Å². The smallest absolute Gasteiger partial charge is 0.234 e. The summed E-state index contributed by atoms with van der Waals surface area (Å²) >= 11 is 3.32. The molecule has 0 aromatic rings. The van der Waals surface area contributed by atoms with Crippen LogP contribution < -0.4 is 22.9 Å². The first-order valence-corrected chi connectivity index (χ1v) is 8.23. The van der Waals surface area contributed by atoms with E-state index in [-0.39, 0.29) is 0 Å². The summed E-state index contributed by atoms with van der Waals surface area (Å²) in [6, 6.07) is -0.921. The highest BCUT2D eigenvalue weighted by Crippen LogP contribution is 1.97. The van der Waals surface area contributed by atoms with Gasteiger partial charge < -0.3 is 22.9 Å². The highest BCUT2D eigenvalue weighted by atomic mass is 32.2. The fourth-order valence-electron chi connectivity index (χ4n) is 0.774. The molecule has 0 aliphatic rings. The van der Waals surface area contributed by atoms with Gasteiger partial charge in [0.05, 0.1) is 12.1 Å². The molecular formula is C10H24N4O2S2. The maximum Gasteiger partial charge on any atom is 0.234 e. The Bertz CT molecular complexity index is 218. The number of hydrogen-bond acceptors (Lipinski definition) is 6. The molecule has 0 radical (unpaired) electrons. The maximum atomic E-state index is 10.3. The number of primary amides is 2. The van der Waals surface area contributed by atoms with Crippen molar-refractivity contribution in [2.45, 2.75) is 24.9 Å². The molecule has 8 heteroatoms. The van der Waals surface area contributed by atoms with E-state index >= 15 is 0 Å². The minimum atomic E-state index is -0.461. The van der Waals surface area contributed by atoms with Gasteiger partial charge in [-0.25, -0.2) is 0 Å². The van der Waals surface area contributed by atoms with E-state index < -0.39 is 23.9 Å². The molecule has 0 heterocycles. The van der Waals surface area contributed by atoms with Crippen LogP contribution in [0.5, 0.6) is 0 Å². The second-order valence-corrected chi connectivity index (χ2v) is 5.55.